The summed E-state index contributed by atoms with van der Waals surface area (Å²) in [6, 6.07) is 0. The van der Waals surface area contributed by atoms with Crippen LogP contribution in [0.3, 0.4) is 0 Å². The minimum atomic E-state index is 0.0962. The summed E-state index contributed by atoms with van der Waals surface area (Å²) in [7, 11) is 0. The smallest absolute Gasteiger partial charge is 0.148 e. The van der Waals surface area contributed by atoms with E-state index in [1.807, 2.05) is 13.8 Å². The van der Waals surface area contributed by atoms with E-state index in [-0.39, 0.29) is 5.54 Å². The molecular weight excluding hydrogens is 176 g/mol. The van der Waals surface area contributed by atoms with E-state index >= 15 is 0 Å². The van der Waals surface area contributed by atoms with E-state index in [1.165, 1.54) is 0 Å². The molecule has 0 spiro atoms. The van der Waals surface area contributed by atoms with E-state index in [4.69, 9.17) is 5.73 Å². The molecular formula is C10H16N4. The van der Waals surface area contributed by atoms with E-state index in [1.54, 1.807) is 0 Å². The lowest BCUT2D eigenvalue weighted by molar-refractivity contribution is 0.594. The fraction of sp³-hybridized carbons (Fsp3) is 0.700. The maximum atomic E-state index is 6.01. The zero-order chi connectivity index (χ0) is 10.2. The van der Waals surface area contributed by atoms with Crippen molar-refractivity contribution in [2.24, 2.45) is 5.73 Å². The SMILES string of the molecule is Cc1nnc(CCC2(N)CC2)c(C)n1. The highest BCUT2D eigenvalue weighted by molar-refractivity contribution is 5.10. The minimum Gasteiger partial charge on any atom is -0.325 e. The molecule has 0 aliphatic heterocycles. The molecule has 0 aromatic carbocycles. The monoisotopic (exact) mass is 192 g/mol. The number of aryl methyl sites for hydroxylation is 3. The van der Waals surface area contributed by atoms with Crippen molar-refractivity contribution in [2.45, 2.75) is 45.1 Å². The molecule has 1 aromatic heterocycles. The second-order valence-electron chi connectivity index (χ2n) is 4.25. The Bertz CT molecular complexity index is 344. The van der Waals surface area contributed by atoms with Crippen LogP contribution < -0.4 is 5.73 Å². The van der Waals surface area contributed by atoms with E-state index in [2.05, 4.69) is 15.2 Å². The molecule has 2 rings (SSSR count). The Hall–Kier alpha value is -1.03. The summed E-state index contributed by atoms with van der Waals surface area (Å²) in [6.45, 7) is 3.84. The van der Waals surface area contributed by atoms with Gasteiger partial charge in [0.15, 0.2) is 0 Å². The Morgan fingerprint density at radius 1 is 1.29 bits per heavy atom. The standard InChI is InChI=1S/C10H16N4/c1-7-9(14-13-8(2)12-7)3-4-10(11)5-6-10/h3-6,11H2,1-2H3. The molecule has 14 heavy (non-hydrogen) atoms. The van der Waals surface area contributed by atoms with Gasteiger partial charge < -0.3 is 5.73 Å². The first-order valence-corrected chi connectivity index (χ1v) is 5.05. The molecule has 0 radical (unpaired) electrons. The van der Waals surface area contributed by atoms with Gasteiger partial charge in [-0.25, -0.2) is 4.98 Å². The molecule has 0 bridgehead atoms. The van der Waals surface area contributed by atoms with Crippen LogP contribution in [-0.4, -0.2) is 20.7 Å². The van der Waals surface area contributed by atoms with Crippen molar-refractivity contribution >= 4 is 0 Å². The molecule has 4 nitrogen and oxygen atoms in total. The van der Waals surface area contributed by atoms with Crippen LogP contribution in [0.25, 0.3) is 0 Å². The first kappa shape index (κ1) is 9.52. The molecule has 1 heterocycles. The van der Waals surface area contributed by atoms with Crippen molar-refractivity contribution in [3.63, 3.8) is 0 Å². The maximum absolute atomic E-state index is 6.01. The van der Waals surface area contributed by atoms with E-state index in [0.29, 0.717) is 0 Å². The predicted octanol–water partition coefficient (Wildman–Crippen LogP) is 0.912. The number of hydrogen-bond donors (Lipinski definition) is 1. The average molecular weight is 192 g/mol. The summed E-state index contributed by atoms with van der Waals surface area (Å²) < 4.78 is 0. The van der Waals surface area contributed by atoms with Crippen LogP contribution in [0.15, 0.2) is 0 Å². The lowest BCUT2D eigenvalue weighted by atomic mass is 10.1. The molecule has 1 fully saturated rings. The van der Waals surface area contributed by atoms with Gasteiger partial charge in [0.2, 0.25) is 0 Å². The highest BCUT2D eigenvalue weighted by atomic mass is 15.2. The quantitative estimate of drug-likeness (QED) is 0.773. The largest absolute Gasteiger partial charge is 0.325 e. The molecule has 4 heteroatoms. The summed E-state index contributed by atoms with van der Waals surface area (Å²) in [4.78, 5) is 4.28. The van der Waals surface area contributed by atoms with Gasteiger partial charge in [0.05, 0.1) is 11.4 Å². The van der Waals surface area contributed by atoms with Crippen LogP contribution >= 0.6 is 0 Å². The van der Waals surface area contributed by atoms with Crippen molar-refractivity contribution < 1.29 is 0 Å². The number of nitrogens with zero attached hydrogens (tertiary/aromatic N) is 3. The van der Waals surface area contributed by atoms with E-state index in [9.17, 15) is 0 Å². The summed E-state index contributed by atoms with van der Waals surface area (Å²) in [5, 5.41) is 8.10. The first-order valence-electron chi connectivity index (χ1n) is 5.05. The number of hydrogen-bond acceptors (Lipinski definition) is 4. The highest BCUT2D eigenvalue weighted by Gasteiger charge is 2.37. The molecule has 1 aliphatic rings. The van der Waals surface area contributed by atoms with Gasteiger partial charge in [-0.15, -0.1) is 5.10 Å². The zero-order valence-corrected chi connectivity index (χ0v) is 8.75. The molecule has 1 aromatic rings. The third kappa shape index (κ3) is 2.07. The third-order valence-electron chi connectivity index (χ3n) is 2.81. The minimum absolute atomic E-state index is 0.0962. The van der Waals surface area contributed by atoms with Crippen LogP contribution in [0.5, 0.6) is 0 Å². The average Bonchev–Trinajstić information content (AvgIpc) is 2.83. The van der Waals surface area contributed by atoms with Gasteiger partial charge in [0.1, 0.15) is 5.82 Å². The van der Waals surface area contributed by atoms with Gasteiger partial charge in [0.25, 0.3) is 0 Å². The van der Waals surface area contributed by atoms with Crippen molar-refractivity contribution in [2.75, 3.05) is 0 Å². The van der Waals surface area contributed by atoms with Crippen LogP contribution in [0, 0.1) is 13.8 Å². The third-order valence-corrected chi connectivity index (χ3v) is 2.81. The Kier molecular flexibility index (Phi) is 2.23. The van der Waals surface area contributed by atoms with Crippen molar-refractivity contribution in [1.29, 1.82) is 0 Å². The Morgan fingerprint density at radius 2 is 2.00 bits per heavy atom. The fourth-order valence-corrected chi connectivity index (χ4v) is 1.54. The molecule has 76 valence electrons. The normalized spacial score (nSPS) is 18.2. The van der Waals surface area contributed by atoms with Crippen LogP contribution in [0.1, 0.15) is 36.5 Å². The molecule has 0 amide bonds. The van der Waals surface area contributed by atoms with Crippen molar-refractivity contribution in [3.8, 4) is 0 Å². The molecule has 0 unspecified atom stereocenters. The van der Waals surface area contributed by atoms with Gasteiger partial charge in [-0.05, 0) is 39.5 Å². The van der Waals surface area contributed by atoms with Gasteiger partial charge >= 0.3 is 0 Å². The predicted molar refractivity (Wildman–Crippen MR) is 53.8 cm³/mol. The maximum Gasteiger partial charge on any atom is 0.148 e. The second-order valence-corrected chi connectivity index (χ2v) is 4.25. The van der Waals surface area contributed by atoms with Crippen LogP contribution in [0.4, 0.5) is 0 Å². The molecule has 1 saturated carbocycles. The molecule has 2 N–H and O–H groups in total. The number of nitrogens with two attached hydrogens (primary N) is 1. The lowest BCUT2D eigenvalue weighted by Gasteiger charge is -2.08. The van der Waals surface area contributed by atoms with Gasteiger partial charge in [-0.1, -0.05) is 0 Å². The number of rotatable bonds is 3. The number of aromatic nitrogens is 3. The second kappa shape index (κ2) is 3.28. The Morgan fingerprint density at radius 3 is 2.57 bits per heavy atom. The van der Waals surface area contributed by atoms with Gasteiger partial charge in [-0.3, -0.25) is 0 Å². The lowest BCUT2D eigenvalue weighted by Crippen LogP contribution is -2.22. The van der Waals surface area contributed by atoms with Crippen LogP contribution in [-0.2, 0) is 6.42 Å². The van der Waals surface area contributed by atoms with Crippen LogP contribution in [0.2, 0.25) is 0 Å². The first-order chi connectivity index (χ1) is 6.59. The van der Waals surface area contributed by atoms with Gasteiger partial charge in [0, 0.05) is 5.54 Å². The zero-order valence-electron chi connectivity index (χ0n) is 8.75. The van der Waals surface area contributed by atoms with Gasteiger partial charge in [-0.2, -0.15) is 5.10 Å². The Labute approximate surface area is 83.9 Å². The topological polar surface area (TPSA) is 64.7 Å². The molecule has 1 aliphatic carbocycles. The summed E-state index contributed by atoms with van der Waals surface area (Å²) in [5.74, 6) is 0.736. The Balaban J connectivity index is 2.02. The molecule has 0 atom stereocenters. The van der Waals surface area contributed by atoms with E-state index < -0.39 is 0 Å². The van der Waals surface area contributed by atoms with Crippen molar-refractivity contribution in [1.82, 2.24) is 15.2 Å². The van der Waals surface area contributed by atoms with E-state index in [0.717, 1.165) is 42.9 Å². The van der Waals surface area contributed by atoms with Crippen molar-refractivity contribution in [3.05, 3.63) is 17.2 Å². The molecule has 0 saturated heterocycles. The fourth-order valence-electron chi connectivity index (χ4n) is 1.54. The summed E-state index contributed by atoms with van der Waals surface area (Å²) in [5.41, 5.74) is 8.08. The highest BCUT2D eigenvalue weighted by Crippen LogP contribution is 2.36. The summed E-state index contributed by atoms with van der Waals surface area (Å²) >= 11 is 0. The summed E-state index contributed by atoms with van der Waals surface area (Å²) in [6.07, 6.45) is 4.22.